The van der Waals surface area contributed by atoms with Gasteiger partial charge < -0.3 is 14.7 Å². The van der Waals surface area contributed by atoms with Gasteiger partial charge >= 0.3 is 0 Å². The van der Waals surface area contributed by atoms with E-state index in [0.29, 0.717) is 19.6 Å². The zero-order chi connectivity index (χ0) is 29.3. The third-order valence-corrected chi connectivity index (χ3v) is 8.99. The summed E-state index contributed by atoms with van der Waals surface area (Å²) >= 11 is 1.62. The Kier molecular flexibility index (Phi) is 10.2. The van der Waals surface area contributed by atoms with Gasteiger partial charge in [-0.1, -0.05) is 72.8 Å². The maximum Gasteiger partial charge on any atom is 0.242 e. The molecule has 4 aromatic rings. The molecule has 1 aromatic heterocycles. The molecule has 1 aliphatic heterocycles. The molecule has 2 amide bonds. The maximum atomic E-state index is 14.5. The van der Waals surface area contributed by atoms with Gasteiger partial charge in [0.05, 0.1) is 19.0 Å². The largest absolute Gasteiger partial charge is 0.332 e. The van der Waals surface area contributed by atoms with Crippen LogP contribution in [0.3, 0.4) is 0 Å². The normalized spacial score (nSPS) is 13.4. The van der Waals surface area contributed by atoms with Crippen LogP contribution in [-0.4, -0.2) is 59.2 Å². The lowest BCUT2D eigenvalue weighted by Crippen LogP contribution is -2.46. The first-order chi connectivity index (χ1) is 20.5. The van der Waals surface area contributed by atoms with Crippen molar-refractivity contribution in [1.82, 2.24) is 14.7 Å². The number of carbonyl (C=O) groups is 2. The molecule has 5 rings (SSSR count). The molecule has 7 heteroatoms. The van der Waals surface area contributed by atoms with Gasteiger partial charge in [0.1, 0.15) is 5.82 Å². The first-order valence-electron chi connectivity index (χ1n) is 14.6. The van der Waals surface area contributed by atoms with Crippen molar-refractivity contribution >= 4 is 23.2 Å². The van der Waals surface area contributed by atoms with Gasteiger partial charge in [-0.3, -0.25) is 9.59 Å². The lowest BCUT2D eigenvalue weighted by molar-refractivity contribution is -0.141. The first-order valence-corrected chi connectivity index (χ1v) is 15.5. The molecule has 42 heavy (non-hydrogen) atoms. The molecule has 1 fully saturated rings. The number of hydrogen-bond acceptors (Lipinski definition) is 4. The standard InChI is InChI=1S/C35H38FN3O2S/c1-27-18-23-42-32(27)25-39(24-28-14-16-31(36)17-15-28)33(40)26-38(22-21-37-19-8-9-20-37)35(41)34(29-10-4-2-5-11-29)30-12-6-3-7-13-30/h2-7,10-18,23,34H,8-9,19-22,24-26H2,1H3. The molecule has 0 N–H and O–H groups in total. The second kappa shape index (κ2) is 14.4. The van der Waals surface area contributed by atoms with Crippen molar-refractivity contribution in [3.63, 3.8) is 0 Å². The highest BCUT2D eigenvalue weighted by Gasteiger charge is 2.30. The Bertz CT molecular complexity index is 1400. The van der Waals surface area contributed by atoms with Crippen molar-refractivity contribution in [3.8, 4) is 0 Å². The minimum Gasteiger partial charge on any atom is -0.332 e. The van der Waals surface area contributed by atoms with Crippen molar-refractivity contribution < 1.29 is 14.0 Å². The number of halogens is 1. The molecule has 0 spiro atoms. The van der Waals surface area contributed by atoms with Crippen LogP contribution < -0.4 is 0 Å². The van der Waals surface area contributed by atoms with Gasteiger partial charge in [-0.05, 0) is 78.7 Å². The summed E-state index contributed by atoms with van der Waals surface area (Å²) in [6.45, 7) is 6.05. The molecule has 2 heterocycles. The van der Waals surface area contributed by atoms with Crippen LogP contribution in [0, 0.1) is 12.7 Å². The summed E-state index contributed by atoms with van der Waals surface area (Å²) in [5.41, 5.74) is 3.79. The Balaban J connectivity index is 1.43. The summed E-state index contributed by atoms with van der Waals surface area (Å²) in [6.07, 6.45) is 2.32. The Morgan fingerprint density at radius 3 is 2.02 bits per heavy atom. The number of rotatable bonds is 12. The number of likely N-dealkylation sites (tertiary alicyclic amines) is 1. The van der Waals surface area contributed by atoms with E-state index >= 15 is 0 Å². The first kappa shape index (κ1) is 29.7. The third-order valence-electron chi connectivity index (χ3n) is 7.98. The zero-order valence-electron chi connectivity index (χ0n) is 24.1. The summed E-state index contributed by atoms with van der Waals surface area (Å²) in [6, 6.07) is 28.0. The topological polar surface area (TPSA) is 43.9 Å². The Hall–Kier alpha value is -3.81. The molecule has 0 bridgehead atoms. The Labute approximate surface area is 252 Å². The van der Waals surface area contributed by atoms with Crippen molar-refractivity contribution in [1.29, 1.82) is 0 Å². The number of hydrogen-bond donors (Lipinski definition) is 0. The molecule has 0 unspecified atom stereocenters. The van der Waals surface area contributed by atoms with Gasteiger partial charge in [-0.25, -0.2) is 4.39 Å². The zero-order valence-corrected chi connectivity index (χ0v) is 24.9. The quantitative estimate of drug-likeness (QED) is 0.192. The van der Waals surface area contributed by atoms with E-state index in [1.807, 2.05) is 73.0 Å². The molecular formula is C35H38FN3O2S. The summed E-state index contributed by atoms with van der Waals surface area (Å²) in [5, 5.41) is 2.03. The number of aryl methyl sites for hydroxylation is 1. The lowest BCUT2D eigenvalue weighted by Gasteiger charge is -2.31. The van der Waals surface area contributed by atoms with E-state index in [0.717, 1.165) is 59.6 Å². The highest BCUT2D eigenvalue weighted by atomic mass is 32.1. The van der Waals surface area contributed by atoms with Crippen LogP contribution in [0.25, 0.3) is 0 Å². The highest BCUT2D eigenvalue weighted by Crippen LogP contribution is 2.27. The van der Waals surface area contributed by atoms with E-state index in [1.54, 1.807) is 33.3 Å². The summed E-state index contributed by atoms with van der Waals surface area (Å²) in [4.78, 5) is 35.6. The van der Waals surface area contributed by atoms with Gasteiger partial charge in [-0.15, -0.1) is 11.3 Å². The van der Waals surface area contributed by atoms with Gasteiger partial charge in [0.2, 0.25) is 11.8 Å². The molecule has 0 saturated carbocycles. The van der Waals surface area contributed by atoms with Crippen molar-refractivity contribution in [2.75, 3.05) is 32.7 Å². The molecule has 5 nitrogen and oxygen atoms in total. The van der Waals surface area contributed by atoms with Crippen LogP contribution in [0.1, 0.15) is 45.9 Å². The van der Waals surface area contributed by atoms with Gasteiger partial charge in [0.15, 0.2) is 0 Å². The minimum absolute atomic E-state index is 0.0194. The molecule has 0 radical (unpaired) electrons. The monoisotopic (exact) mass is 583 g/mol. The fourth-order valence-corrected chi connectivity index (χ4v) is 6.45. The van der Waals surface area contributed by atoms with Gasteiger partial charge in [0, 0.05) is 24.5 Å². The molecule has 218 valence electrons. The predicted molar refractivity (Wildman–Crippen MR) is 167 cm³/mol. The van der Waals surface area contributed by atoms with E-state index in [2.05, 4.69) is 11.0 Å². The van der Waals surface area contributed by atoms with Gasteiger partial charge in [-0.2, -0.15) is 0 Å². The molecule has 0 atom stereocenters. The molecule has 1 saturated heterocycles. The van der Waals surface area contributed by atoms with E-state index in [4.69, 9.17) is 0 Å². The molecular weight excluding hydrogens is 545 g/mol. The highest BCUT2D eigenvalue weighted by molar-refractivity contribution is 7.10. The number of benzene rings is 3. The van der Waals surface area contributed by atoms with Crippen LogP contribution in [0.5, 0.6) is 0 Å². The molecule has 1 aliphatic rings. The number of thiophene rings is 1. The van der Waals surface area contributed by atoms with Crippen LogP contribution >= 0.6 is 11.3 Å². The van der Waals surface area contributed by atoms with Crippen LogP contribution in [-0.2, 0) is 22.7 Å². The van der Waals surface area contributed by atoms with E-state index in [1.165, 1.54) is 12.1 Å². The fourth-order valence-electron chi connectivity index (χ4n) is 5.53. The van der Waals surface area contributed by atoms with E-state index < -0.39 is 5.92 Å². The van der Waals surface area contributed by atoms with E-state index in [9.17, 15) is 14.0 Å². The van der Waals surface area contributed by atoms with E-state index in [-0.39, 0.29) is 24.2 Å². The second-order valence-electron chi connectivity index (χ2n) is 11.0. The van der Waals surface area contributed by atoms with Crippen LogP contribution in [0.15, 0.2) is 96.4 Å². The summed E-state index contributed by atoms with van der Waals surface area (Å²) in [7, 11) is 0. The average Bonchev–Trinajstić information content (AvgIpc) is 3.69. The van der Waals surface area contributed by atoms with Crippen molar-refractivity contribution in [2.24, 2.45) is 0 Å². The Morgan fingerprint density at radius 2 is 1.45 bits per heavy atom. The number of carbonyl (C=O) groups excluding carboxylic acids is 2. The second-order valence-corrected chi connectivity index (χ2v) is 12.0. The smallest absolute Gasteiger partial charge is 0.242 e. The SMILES string of the molecule is Cc1ccsc1CN(Cc1ccc(F)cc1)C(=O)CN(CCN1CCCC1)C(=O)C(c1ccccc1)c1ccccc1. The van der Waals surface area contributed by atoms with Crippen molar-refractivity contribution in [2.45, 2.75) is 38.8 Å². The minimum atomic E-state index is -0.510. The summed E-state index contributed by atoms with van der Waals surface area (Å²) < 4.78 is 13.6. The number of amides is 2. The molecule has 3 aromatic carbocycles. The lowest BCUT2D eigenvalue weighted by atomic mass is 9.90. The maximum absolute atomic E-state index is 14.5. The summed E-state index contributed by atoms with van der Waals surface area (Å²) in [5.74, 6) is -1.02. The predicted octanol–water partition coefficient (Wildman–Crippen LogP) is 6.48. The van der Waals surface area contributed by atoms with Crippen molar-refractivity contribution in [3.05, 3.63) is 129 Å². The number of nitrogens with zero attached hydrogens (tertiary/aromatic N) is 3. The third kappa shape index (κ3) is 7.72. The molecule has 0 aliphatic carbocycles. The average molecular weight is 584 g/mol. The Morgan fingerprint density at radius 1 is 0.833 bits per heavy atom. The van der Waals surface area contributed by atoms with Crippen LogP contribution in [0.4, 0.5) is 4.39 Å². The van der Waals surface area contributed by atoms with Gasteiger partial charge in [0.25, 0.3) is 0 Å². The fraction of sp³-hybridized carbons (Fsp3) is 0.314. The van der Waals surface area contributed by atoms with Crippen LogP contribution in [0.2, 0.25) is 0 Å².